The highest BCUT2D eigenvalue weighted by Crippen LogP contribution is 2.22. The van der Waals surface area contributed by atoms with Gasteiger partial charge in [-0.05, 0) is 12.0 Å². The molecule has 6 nitrogen and oxygen atoms in total. The fraction of sp³-hybridized carbons (Fsp3) is 0.300. The third kappa shape index (κ3) is 3.95. The van der Waals surface area contributed by atoms with Gasteiger partial charge in [0.15, 0.2) is 0 Å². The van der Waals surface area contributed by atoms with Crippen molar-refractivity contribution in [2.24, 2.45) is 0 Å². The molecule has 0 amide bonds. The number of carbonyl (C=O) groups excluding carboxylic acids is 1. The maximum Gasteiger partial charge on any atom is 0.272 e. The molecule has 1 aromatic rings. The van der Waals surface area contributed by atoms with Crippen LogP contribution in [-0.4, -0.2) is 19.6 Å². The van der Waals surface area contributed by atoms with Gasteiger partial charge in [0.05, 0.1) is 10.7 Å². The van der Waals surface area contributed by atoms with E-state index < -0.39 is 15.6 Å². The highest BCUT2D eigenvalue weighted by molar-refractivity contribution is 7.71. The molecule has 0 heterocycles. The fourth-order valence-corrected chi connectivity index (χ4v) is 1.95. The molecule has 0 aliphatic heterocycles. The lowest BCUT2D eigenvalue weighted by Crippen LogP contribution is -1.98. The molecule has 1 aromatic carbocycles. The van der Waals surface area contributed by atoms with Crippen LogP contribution in [0, 0.1) is 10.1 Å². The van der Waals surface area contributed by atoms with Crippen LogP contribution in [0.5, 0.6) is 0 Å². The van der Waals surface area contributed by atoms with E-state index >= 15 is 0 Å². The van der Waals surface area contributed by atoms with E-state index in [2.05, 4.69) is 0 Å². The minimum Gasteiger partial charge on any atom is -0.303 e. The van der Waals surface area contributed by atoms with Crippen molar-refractivity contribution in [3.8, 4) is 0 Å². The van der Waals surface area contributed by atoms with Gasteiger partial charge in [0.2, 0.25) is 0 Å². The third-order valence-electron chi connectivity index (χ3n) is 2.19. The molecule has 0 atom stereocenters. The van der Waals surface area contributed by atoms with Crippen molar-refractivity contribution in [2.45, 2.75) is 18.6 Å². The van der Waals surface area contributed by atoms with Gasteiger partial charge in [-0.25, -0.2) is 8.42 Å². The molecule has 92 valence electrons. The van der Waals surface area contributed by atoms with Crippen LogP contribution in [-0.2, 0) is 27.7 Å². The lowest BCUT2D eigenvalue weighted by Gasteiger charge is -2.02. The Hall–Kier alpha value is -1.76. The second-order valence-electron chi connectivity index (χ2n) is 3.42. The zero-order valence-electron chi connectivity index (χ0n) is 8.87. The summed E-state index contributed by atoms with van der Waals surface area (Å²) in [5, 5.41) is 10.8. The Bertz CT molecular complexity index is 501. The molecule has 0 aliphatic rings. The summed E-state index contributed by atoms with van der Waals surface area (Å²) < 4.78 is 21.1. The summed E-state index contributed by atoms with van der Waals surface area (Å²) in [6.45, 7) is 0. The Morgan fingerprint density at radius 2 is 2.06 bits per heavy atom. The molecule has 0 bridgehead atoms. The van der Waals surface area contributed by atoms with Crippen molar-refractivity contribution >= 4 is 22.7 Å². The van der Waals surface area contributed by atoms with Gasteiger partial charge in [-0.3, -0.25) is 10.1 Å². The molecule has 0 saturated carbocycles. The average Bonchev–Trinajstić information content (AvgIpc) is 2.26. The third-order valence-corrected chi connectivity index (χ3v) is 2.81. The van der Waals surface area contributed by atoms with Crippen molar-refractivity contribution in [3.63, 3.8) is 0 Å². The number of rotatable bonds is 6. The normalized spacial score (nSPS) is 10.4. The predicted molar refractivity (Wildman–Crippen MR) is 61.5 cm³/mol. The van der Waals surface area contributed by atoms with E-state index in [1.807, 2.05) is 0 Å². The van der Waals surface area contributed by atoms with E-state index in [1.54, 1.807) is 0 Å². The first-order valence-corrected chi connectivity index (χ1v) is 6.22. The van der Waals surface area contributed by atoms with Crippen molar-refractivity contribution < 1.29 is 18.1 Å². The first-order valence-electron chi connectivity index (χ1n) is 4.86. The zero-order valence-corrected chi connectivity index (χ0v) is 9.76. The number of nitrogens with zero attached hydrogens (tertiary/aromatic N) is 1. The second-order valence-corrected chi connectivity index (χ2v) is 4.40. The summed E-state index contributed by atoms with van der Waals surface area (Å²) in [7, 11) is -2.61. The summed E-state index contributed by atoms with van der Waals surface area (Å²) in [4.78, 5) is 20.4. The molecule has 0 aromatic heterocycles. The van der Waals surface area contributed by atoms with Gasteiger partial charge in [-0.2, -0.15) is 0 Å². The Morgan fingerprint density at radius 1 is 1.35 bits per heavy atom. The number of hydrogen-bond donors (Lipinski definition) is 1. The van der Waals surface area contributed by atoms with Gasteiger partial charge in [0.1, 0.15) is 17.0 Å². The van der Waals surface area contributed by atoms with E-state index in [1.165, 1.54) is 18.2 Å². The fourth-order valence-electron chi connectivity index (χ4n) is 1.45. The maximum atomic E-state index is 10.8. The van der Waals surface area contributed by atoms with Crippen molar-refractivity contribution in [2.75, 3.05) is 0 Å². The molecule has 17 heavy (non-hydrogen) atoms. The molecule has 0 spiro atoms. The Kier molecular flexibility index (Phi) is 4.77. The van der Waals surface area contributed by atoms with Crippen LogP contribution in [0.25, 0.3) is 0 Å². The molecular weight excluding hydrogens is 246 g/mol. The van der Waals surface area contributed by atoms with Crippen LogP contribution in [0.2, 0.25) is 0 Å². The van der Waals surface area contributed by atoms with Crippen LogP contribution in [0.3, 0.4) is 0 Å². The molecule has 0 aliphatic carbocycles. The van der Waals surface area contributed by atoms with Gasteiger partial charge >= 0.3 is 0 Å². The van der Waals surface area contributed by atoms with Gasteiger partial charge in [-0.1, -0.05) is 12.1 Å². The van der Waals surface area contributed by atoms with Gasteiger partial charge in [0, 0.05) is 18.1 Å². The Balaban J connectivity index is 3.07. The summed E-state index contributed by atoms with van der Waals surface area (Å²) in [6, 6.07) is 4.26. The van der Waals surface area contributed by atoms with Crippen LogP contribution in [0.1, 0.15) is 17.5 Å². The largest absolute Gasteiger partial charge is 0.303 e. The number of nitro groups is 1. The van der Waals surface area contributed by atoms with Crippen LogP contribution in [0.4, 0.5) is 5.69 Å². The van der Waals surface area contributed by atoms with Gasteiger partial charge < -0.3 is 4.79 Å². The van der Waals surface area contributed by atoms with E-state index in [4.69, 9.17) is 0 Å². The van der Waals surface area contributed by atoms with Crippen LogP contribution >= 0.6 is 0 Å². The number of aryl methyl sites for hydroxylation is 1. The number of aldehydes is 1. The summed E-state index contributed by atoms with van der Waals surface area (Å²) >= 11 is 0. The van der Waals surface area contributed by atoms with E-state index in [9.17, 15) is 23.3 Å². The minimum absolute atomic E-state index is 0.138. The lowest BCUT2D eigenvalue weighted by molar-refractivity contribution is -0.385. The topological polar surface area (TPSA) is 94.3 Å². The van der Waals surface area contributed by atoms with Crippen molar-refractivity contribution in [3.05, 3.63) is 39.4 Å². The standard InChI is InChI=1S/C10H11NO5S/c12-5-1-2-9-4-3-8(7-17(15)16)6-10(9)11(13)14/h3-6,17H,1-2,7H2. The first kappa shape index (κ1) is 13.3. The van der Waals surface area contributed by atoms with E-state index in [0.29, 0.717) is 17.4 Å². The number of hydrogen-bond acceptors (Lipinski definition) is 5. The van der Waals surface area contributed by atoms with E-state index in [0.717, 1.165) is 0 Å². The molecule has 0 fully saturated rings. The molecule has 1 rings (SSSR count). The Morgan fingerprint density at radius 3 is 2.59 bits per heavy atom. The summed E-state index contributed by atoms with van der Waals surface area (Å²) in [6.07, 6.45) is 1.17. The van der Waals surface area contributed by atoms with Crippen LogP contribution in [0.15, 0.2) is 18.2 Å². The quantitative estimate of drug-likeness (QED) is 0.352. The molecule has 0 unspecified atom stereocenters. The highest BCUT2D eigenvalue weighted by Gasteiger charge is 2.14. The Labute approximate surface area is 99.4 Å². The summed E-state index contributed by atoms with van der Waals surface area (Å²) in [5.74, 6) is -0.218. The number of carbonyl (C=O) groups is 1. The smallest absolute Gasteiger partial charge is 0.272 e. The van der Waals surface area contributed by atoms with Crippen LogP contribution < -0.4 is 0 Å². The average molecular weight is 257 g/mol. The predicted octanol–water partition coefficient (Wildman–Crippen LogP) is 0.838. The zero-order chi connectivity index (χ0) is 12.8. The number of thiol groups is 1. The van der Waals surface area contributed by atoms with E-state index in [-0.39, 0.29) is 24.3 Å². The highest BCUT2D eigenvalue weighted by atomic mass is 32.2. The molecular formula is C10H11NO5S. The van der Waals surface area contributed by atoms with Crippen molar-refractivity contribution in [1.82, 2.24) is 0 Å². The second kappa shape index (κ2) is 6.09. The van der Waals surface area contributed by atoms with Gasteiger partial charge in [-0.15, -0.1) is 0 Å². The van der Waals surface area contributed by atoms with Crippen molar-refractivity contribution in [1.29, 1.82) is 0 Å². The van der Waals surface area contributed by atoms with Gasteiger partial charge in [0.25, 0.3) is 5.69 Å². The first-order chi connectivity index (χ1) is 8.04. The number of benzene rings is 1. The summed E-state index contributed by atoms with van der Waals surface area (Å²) in [5.41, 5.74) is 0.677. The SMILES string of the molecule is O=CCCc1ccc(C[SH](=O)=O)cc1[N+](=O)[O-]. The minimum atomic E-state index is -2.61. The number of nitro benzene ring substituents is 1. The molecule has 0 N–H and O–H groups in total. The molecule has 0 saturated heterocycles. The lowest BCUT2D eigenvalue weighted by atomic mass is 10.1. The molecule has 7 heteroatoms. The monoisotopic (exact) mass is 257 g/mol. The maximum absolute atomic E-state index is 10.8. The molecule has 0 radical (unpaired) electrons.